The predicted molar refractivity (Wildman–Crippen MR) is 79.4 cm³/mol. The van der Waals surface area contributed by atoms with Crippen molar-refractivity contribution in [3.8, 4) is 5.75 Å². The van der Waals surface area contributed by atoms with Gasteiger partial charge in [-0.15, -0.1) is 11.3 Å². The molecule has 1 aromatic heterocycles. The molecule has 0 amide bonds. The molecule has 102 valence electrons. The molecule has 0 aliphatic carbocycles. The summed E-state index contributed by atoms with van der Waals surface area (Å²) in [5.41, 5.74) is 9.00. The molecule has 0 saturated carbocycles. The van der Waals surface area contributed by atoms with Gasteiger partial charge in [-0.3, -0.25) is 4.90 Å². The van der Waals surface area contributed by atoms with Crippen LogP contribution >= 0.6 is 11.3 Å². The third-order valence-corrected chi connectivity index (χ3v) is 3.71. The molecule has 0 aliphatic rings. The lowest BCUT2D eigenvalue weighted by atomic mass is 10.1. The minimum absolute atomic E-state index is 0.764. The molecule has 19 heavy (non-hydrogen) atoms. The molecule has 0 atom stereocenters. The van der Waals surface area contributed by atoms with E-state index in [9.17, 15) is 0 Å². The molecule has 0 saturated heterocycles. The van der Waals surface area contributed by atoms with Crippen molar-refractivity contribution in [1.29, 1.82) is 0 Å². The van der Waals surface area contributed by atoms with Gasteiger partial charge in [-0.1, -0.05) is 6.07 Å². The number of benzene rings is 1. The molecule has 0 unspecified atom stereocenters. The van der Waals surface area contributed by atoms with E-state index >= 15 is 0 Å². The van der Waals surface area contributed by atoms with Gasteiger partial charge in [-0.05, 0) is 25.6 Å². The van der Waals surface area contributed by atoms with Gasteiger partial charge in [-0.25, -0.2) is 4.98 Å². The minimum atomic E-state index is 0.764. The second-order valence-corrected chi connectivity index (χ2v) is 5.66. The molecular weight excluding hydrogens is 258 g/mol. The molecular formula is C14H19N3OS. The van der Waals surface area contributed by atoms with Crippen LogP contribution in [-0.4, -0.2) is 24.0 Å². The third-order valence-electron chi connectivity index (χ3n) is 2.89. The number of nitrogen functional groups attached to an aromatic ring is 1. The highest BCUT2D eigenvalue weighted by Gasteiger charge is 2.07. The highest BCUT2D eigenvalue weighted by Crippen LogP contribution is 2.21. The van der Waals surface area contributed by atoms with Crippen molar-refractivity contribution < 1.29 is 4.74 Å². The maximum absolute atomic E-state index is 6.02. The Morgan fingerprint density at radius 1 is 1.37 bits per heavy atom. The number of nitrogens with zero attached hydrogens (tertiary/aromatic N) is 2. The summed E-state index contributed by atoms with van der Waals surface area (Å²) < 4.78 is 5.15. The van der Waals surface area contributed by atoms with Gasteiger partial charge in [0, 0.05) is 30.2 Å². The van der Waals surface area contributed by atoms with Crippen molar-refractivity contribution in [2.75, 3.05) is 19.9 Å². The van der Waals surface area contributed by atoms with E-state index in [0.717, 1.165) is 40.8 Å². The molecule has 4 nitrogen and oxygen atoms in total. The first-order valence-electron chi connectivity index (χ1n) is 6.10. The number of hydrogen-bond donors (Lipinski definition) is 1. The zero-order valence-corrected chi connectivity index (χ0v) is 12.3. The summed E-state index contributed by atoms with van der Waals surface area (Å²) in [6.45, 7) is 3.65. The Balaban J connectivity index is 2.00. The lowest BCUT2D eigenvalue weighted by Gasteiger charge is -2.17. The number of ether oxygens (including phenoxy) is 1. The normalized spacial score (nSPS) is 10.9. The summed E-state index contributed by atoms with van der Waals surface area (Å²) in [6.07, 6.45) is 0. The predicted octanol–water partition coefficient (Wildman–Crippen LogP) is 2.67. The van der Waals surface area contributed by atoms with Gasteiger partial charge in [0.05, 0.1) is 17.8 Å². The number of rotatable bonds is 5. The average Bonchev–Trinajstić information content (AvgIpc) is 2.77. The monoisotopic (exact) mass is 277 g/mol. The zero-order chi connectivity index (χ0) is 13.8. The van der Waals surface area contributed by atoms with Crippen molar-refractivity contribution >= 4 is 17.0 Å². The summed E-state index contributed by atoms with van der Waals surface area (Å²) in [6, 6.07) is 5.81. The van der Waals surface area contributed by atoms with Crippen LogP contribution in [0.2, 0.25) is 0 Å². The summed E-state index contributed by atoms with van der Waals surface area (Å²) in [5.74, 6) is 0.791. The topological polar surface area (TPSA) is 51.4 Å². The van der Waals surface area contributed by atoms with E-state index in [1.165, 1.54) is 0 Å². The van der Waals surface area contributed by atoms with Crippen LogP contribution < -0.4 is 10.5 Å². The van der Waals surface area contributed by atoms with E-state index in [4.69, 9.17) is 10.5 Å². The Labute approximate surface area is 117 Å². The minimum Gasteiger partial charge on any atom is -0.497 e. The molecule has 0 aliphatic heterocycles. The van der Waals surface area contributed by atoms with E-state index in [1.54, 1.807) is 18.4 Å². The molecule has 0 radical (unpaired) electrons. The van der Waals surface area contributed by atoms with E-state index in [2.05, 4.69) is 22.3 Å². The van der Waals surface area contributed by atoms with Crippen molar-refractivity contribution in [2.24, 2.45) is 0 Å². The Bertz CT molecular complexity index is 553. The van der Waals surface area contributed by atoms with E-state index in [0.29, 0.717) is 0 Å². The second kappa shape index (κ2) is 6.04. The van der Waals surface area contributed by atoms with E-state index in [-0.39, 0.29) is 0 Å². The molecule has 0 bridgehead atoms. The highest BCUT2D eigenvalue weighted by molar-refractivity contribution is 7.09. The number of anilines is 1. The summed E-state index contributed by atoms with van der Waals surface area (Å²) in [4.78, 5) is 6.67. The second-order valence-electron chi connectivity index (χ2n) is 4.59. The molecule has 0 fully saturated rings. The Morgan fingerprint density at radius 2 is 2.16 bits per heavy atom. The van der Waals surface area contributed by atoms with Gasteiger partial charge in [0.2, 0.25) is 0 Å². The molecule has 5 heteroatoms. The third kappa shape index (κ3) is 3.68. The number of aryl methyl sites for hydroxylation is 1. The molecule has 2 rings (SSSR count). The van der Waals surface area contributed by atoms with Gasteiger partial charge in [0.15, 0.2) is 0 Å². The number of hydrogen-bond acceptors (Lipinski definition) is 5. The van der Waals surface area contributed by atoms with Crippen molar-refractivity contribution in [3.63, 3.8) is 0 Å². The Kier molecular flexibility index (Phi) is 4.39. The van der Waals surface area contributed by atoms with Crippen molar-refractivity contribution in [3.05, 3.63) is 39.8 Å². The SMILES string of the molecule is COc1ccc(CN(C)Cc2csc(C)n2)c(N)c1. The van der Waals surface area contributed by atoms with Crippen LogP contribution in [0.4, 0.5) is 5.69 Å². The lowest BCUT2D eigenvalue weighted by molar-refractivity contribution is 0.316. The summed E-state index contributed by atoms with van der Waals surface area (Å²) >= 11 is 1.68. The number of aromatic nitrogens is 1. The quantitative estimate of drug-likeness (QED) is 0.854. The van der Waals surface area contributed by atoms with E-state index < -0.39 is 0 Å². The maximum atomic E-state index is 6.02. The smallest absolute Gasteiger partial charge is 0.120 e. The largest absolute Gasteiger partial charge is 0.497 e. The van der Waals surface area contributed by atoms with Gasteiger partial charge in [-0.2, -0.15) is 0 Å². The fraction of sp³-hybridized carbons (Fsp3) is 0.357. The fourth-order valence-corrected chi connectivity index (χ4v) is 2.55. The van der Waals surface area contributed by atoms with Crippen LogP contribution in [0.3, 0.4) is 0 Å². The first-order chi connectivity index (χ1) is 9.08. The van der Waals surface area contributed by atoms with Crippen LogP contribution in [0.5, 0.6) is 5.75 Å². The molecule has 0 spiro atoms. The van der Waals surface area contributed by atoms with Gasteiger partial charge < -0.3 is 10.5 Å². The Hall–Kier alpha value is -1.59. The number of methoxy groups -OCH3 is 1. The number of nitrogens with two attached hydrogens (primary N) is 1. The van der Waals surface area contributed by atoms with Gasteiger partial charge in [0.1, 0.15) is 5.75 Å². The van der Waals surface area contributed by atoms with Crippen molar-refractivity contribution in [2.45, 2.75) is 20.0 Å². The summed E-state index contributed by atoms with van der Waals surface area (Å²) in [5, 5.41) is 3.20. The lowest BCUT2D eigenvalue weighted by Crippen LogP contribution is -2.18. The maximum Gasteiger partial charge on any atom is 0.120 e. The highest BCUT2D eigenvalue weighted by atomic mass is 32.1. The Morgan fingerprint density at radius 3 is 2.74 bits per heavy atom. The molecule has 1 heterocycles. The van der Waals surface area contributed by atoms with Crippen LogP contribution in [0.15, 0.2) is 23.6 Å². The first-order valence-corrected chi connectivity index (χ1v) is 6.98. The first kappa shape index (κ1) is 13.8. The van der Waals surface area contributed by atoms with Crippen LogP contribution in [0, 0.1) is 6.92 Å². The zero-order valence-electron chi connectivity index (χ0n) is 11.5. The molecule has 1 aromatic carbocycles. The van der Waals surface area contributed by atoms with Crippen LogP contribution in [0.1, 0.15) is 16.3 Å². The molecule has 2 aromatic rings. The number of thiazole rings is 1. The standard InChI is InChI=1S/C14H19N3OS/c1-10-16-12(9-19-10)8-17(2)7-11-4-5-13(18-3)6-14(11)15/h4-6,9H,7-8,15H2,1-3H3. The van der Waals surface area contributed by atoms with Gasteiger partial charge in [0.25, 0.3) is 0 Å². The van der Waals surface area contributed by atoms with Crippen LogP contribution in [0.25, 0.3) is 0 Å². The van der Waals surface area contributed by atoms with Crippen molar-refractivity contribution in [1.82, 2.24) is 9.88 Å². The van der Waals surface area contributed by atoms with Gasteiger partial charge >= 0.3 is 0 Å². The fourth-order valence-electron chi connectivity index (χ4n) is 1.95. The average molecular weight is 277 g/mol. The van der Waals surface area contributed by atoms with E-state index in [1.807, 2.05) is 25.1 Å². The molecule has 2 N–H and O–H groups in total. The van der Waals surface area contributed by atoms with Crippen LogP contribution in [-0.2, 0) is 13.1 Å². The summed E-state index contributed by atoms with van der Waals surface area (Å²) in [7, 11) is 3.71.